The Morgan fingerprint density at radius 2 is 2.08 bits per heavy atom. The van der Waals surface area contributed by atoms with Crippen molar-refractivity contribution in [3.8, 4) is 16.9 Å². The molecule has 0 spiro atoms. The highest BCUT2D eigenvalue weighted by atomic mass is 16.5. The third-order valence-electron chi connectivity index (χ3n) is 4.41. The summed E-state index contributed by atoms with van der Waals surface area (Å²) in [6, 6.07) is 13.6. The van der Waals surface area contributed by atoms with Crippen LogP contribution in [0.25, 0.3) is 22.0 Å². The minimum Gasteiger partial charge on any atom is -0.496 e. The van der Waals surface area contributed by atoms with Gasteiger partial charge in [-0.05, 0) is 30.2 Å². The van der Waals surface area contributed by atoms with E-state index in [-0.39, 0.29) is 11.9 Å². The third kappa shape index (κ3) is 2.87. The zero-order valence-corrected chi connectivity index (χ0v) is 13.8. The summed E-state index contributed by atoms with van der Waals surface area (Å²) in [5, 5.41) is 6.96. The molecule has 25 heavy (non-hydrogen) atoms. The Balaban J connectivity index is 1.79. The summed E-state index contributed by atoms with van der Waals surface area (Å²) in [6.07, 6.45) is 2.26. The molecule has 0 saturated carbocycles. The molecule has 1 saturated heterocycles. The molecule has 1 aliphatic rings. The van der Waals surface area contributed by atoms with E-state index in [4.69, 9.17) is 4.74 Å². The van der Waals surface area contributed by atoms with E-state index in [1.807, 2.05) is 42.5 Å². The molecular weight excluding hydrogens is 316 g/mol. The lowest BCUT2D eigenvalue weighted by Crippen LogP contribution is -2.29. The van der Waals surface area contributed by atoms with Crippen LogP contribution in [0.2, 0.25) is 0 Å². The van der Waals surface area contributed by atoms with Gasteiger partial charge in [0.2, 0.25) is 5.91 Å². The molecule has 1 amide bonds. The van der Waals surface area contributed by atoms with E-state index in [0.29, 0.717) is 12.4 Å². The fourth-order valence-electron chi connectivity index (χ4n) is 3.12. The molecule has 2 aromatic carbocycles. The highest BCUT2D eigenvalue weighted by molar-refractivity contribution is 5.95. The van der Waals surface area contributed by atoms with E-state index in [0.717, 1.165) is 34.2 Å². The summed E-state index contributed by atoms with van der Waals surface area (Å²) in [6.45, 7) is 0.686. The zero-order valence-electron chi connectivity index (χ0n) is 13.8. The van der Waals surface area contributed by atoms with Gasteiger partial charge < -0.3 is 15.4 Å². The summed E-state index contributed by atoms with van der Waals surface area (Å²) >= 11 is 0. The number of benzene rings is 2. The first-order chi connectivity index (χ1) is 12.3. The van der Waals surface area contributed by atoms with Crippen LogP contribution < -0.4 is 15.4 Å². The number of hydrogen-bond donors (Lipinski definition) is 2. The quantitative estimate of drug-likeness (QED) is 0.767. The molecule has 4 rings (SSSR count). The van der Waals surface area contributed by atoms with Crippen LogP contribution in [0.1, 0.15) is 6.42 Å². The van der Waals surface area contributed by atoms with Crippen molar-refractivity contribution in [1.29, 1.82) is 0 Å². The summed E-state index contributed by atoms with van der Waals surface area (Å²) in [4.78, 5) is 20.5. The second-order valence-electron chi connectivity index (χ2n) is 5.93. The third-order valence-corrected chi connectivity index (χ3v) is 4.41. The van der Waals surface area contributed by atoms with Crippen LogP contribution in [0.3, 0.4) is 0 Å². The number of nitrogens with one attached hydrogen (secondary N) is 2. The fraction of sp³-hybridized carbons (Fsp3) is 0.211. The number of aromatic nitrogens is 2. The van der Waals surface area contributed by atoms with E-state index in [1.54, 1.807) is 7.11 Å². The van der Waals surface area contributed by atoms with Gasteiger partial charge in [-0.15, -0.1) is 0 Å². The van der Waals surface area contributed by atoms with Gasteiger partial charge in [0.1, 0.15) is 23.9 Å². The molecule has 1 aliphatic heterocycles. The zero-order chi connectivity index (χ0) is 17.2. The maximum Gasteiger partial charge on any atom is 0.242 e. The molecule has 6 heteroatoms. The Morgan fingerprint density at radius 3 is 2.88 bits per heavy atom. The van der Waals surface area contributed by atoms with Gasteiger partial charge in [0.15, 0.2) is 0 Å². The first-order valence-corrected chi connectivity index (χ1v) is 8.18. The number of methoxy groups -OCH3 is 1. The van der Waals surface area contributed by atoms with Crippen molar-refractivity contribution < 1.29 is 9.53 Å². The van der Waals surface area contributed by atoms with Crippen LogP contribution in [-0.4, -0.2) is 35.6 Å². The lowest BCUT2D eigenvalue weighted by molar-refractivity contribution is -0.119. The molecule has 6 nitrogen and oxygen atoms in total. The van der Waals surface area contributed by atoms with Gasteiger partial charge in [-0.2, -0.15) is 0 Å². The lowest BCUT2D eigenvalue weighted by Gasteiger charge is -2.14. The molecule has 0 aliphatic carbocycles. The van der Waals surface area contributed by atoms with E-state index in [9.17, 15) is 4.79 Å². The average Bonchev–Trinajstić information content (AvgIpc) is 3.06. The predicted octanol–water partition coefficient (Wildman–Crippen LogP) is 2.61. The summed E-state index contributed by atoms with van der Waals surface area (Å²) < 4.78 is 5.46. The maximum absolute atomic E-state index is 11.9. The number of ether oxygens (including phenoxy) is 1. The molecule has 0 bridgehead atoms. The molecule has 2 heterocycles. The van der Waals surface area contributed by atoms with Gasteiger partial charge >= 0.3 is 0 Å². The van der Waals surface area contributed by atoms with Crippen LogP contribution >= 0.6 is 0 Å². The highest BCUT2D eigenvalue weighted by Gasteiger charge is 2.24. The summed E-state index contributed by atoms with van der Waals surface area (Å²) in [7, 11) is 1.66. The van der Waals surface area contributed by atoms with Crippen LogP contribution in [0.5, 0.6) is 5.75 Å². The molecular formula is C19H18N4O2. The van der Waals surface area contributed by atoms with Crippen molar-refractivity contribution in [2.75, 3.05) is 19.0 Å². The van der Waals surface area contributed by atoms with Crippen molar-refractivity contribution in [2.24, 2.45) is 0 Å². The maximum atomic E-state index is 11.9. The van der Waals surface area contributed by atoms with Gasteiger partial charge in [0.05, 0.1) is 12.6 Å². The van der Waals surface area contributed by atoms with Crippen LogP contribution in [0, 0.1) is 0 Å². The molecule has 2 N–H and O–H groups in total. The molecule has 1 fully saturated rings. The molecule has 0 radical (unpaired) electrons. The Kier molecular flexibility index (Phi) is 3.93. The Bertz CT molecular complexity index is 942. The van der Waals surface area contributed by atoms with E-state index in [2.05, 4.69) is 20.6 Å². The van der Waals surface area contributed by atoms with E-state index >= 15 is 0 Å². The van der Waals surface area contributed by atoms with Crippen molar-refractivity contribution >= 4 is 22.6 Å². The van der Waals surface area contributed by atoms with Crippen LogP contribution in [0.4, 0.5) is 5.82 Å². The number of hydrogen-bond acceptors (Lipinski definition) is 5. The molecule has 3 aromatic rings. The SMILES string of the molecule is COc1ccccc1-c1ccc2ncnc(NC3CCNC3=O)c2c1. The van der Waals surface area contributed by atoms with Crippen molar-refractivity contribution in [2.45, 2.75) is 12.5 Å². The summed E-state index contributed by atoms with van der Waals surface area (Å²) in [5.74, 6) is 1.49. The number of rotatable bonds is 4. The molecule has 1 aromatic heterocycles. The number of fused-ring (bicyclic) bond motifs is 1. The average molecular weight is 334 g/mol. The van der Waals surface area contributed by atoms with E-state index in [1.165, 1.54) is 6.33 Å². The first kappa shape index (κ1) is 15.4. The Labute approximate surface area is 145 Å². The minimum atomic E-state index is -0.256. The smallest absolute Gasteiger partial charge is 0.242 e. The number of amides is 1. The normalized spacial score (nSPS) is 16.7. The highest BCUT2D eigenvalue weighted by Crippen LogP contribution is 2.33. The fourth-order valence-corrected chi connectivity index (χ4v) is 3.12. The van der Waals surface area contributed by atoms with Gasteiger partial charge in [-0.25, -0.2) is 9.97 Å². The second kappa shape index (κ2) is 6.39. The van der Waals surface area contributed by atoms with Crippen molar-refractivity contribution in [3.05, 3.63) is 48.8 Å². The van der Waals surface area contributed by atoms with Gasteiger partial charge in [-0.1, -0.05) is 24.3 Å². The number of anilines is 1. The van der Waals surface area contributed by atoms with Crippen molar-refractivity contribution in [1.82, 2.24) is 15.3 Å². The van der Waals surface area contributed by atoms with Gasteiger partial charge in [0, 0.05) is 17.5 Å². The second-order valence-corrected chi connectivity index (χ2v) is 5.93. The topological polar surface area (TPSA) is 76.1 Å². The largest absolute Gasteiger partial charge is 0.496 e. The van der Waals surface area contributed by atoms with Crippen LogP contribution in [0.15, 0.2) is 48.8 Å². The predicted molar refractivity (Wildman–Crippen MR) is 96.6 cm³/mol. The van der Waals surface area contributed by atoms with E-state index < -0.39 is 0 Å². The molecule has 1 atom stereocenters. The number of nitrogens with zero attached hydrogens (tertiary/aromatic N) is 2. The molecule has 126 valence electrons. The van der Waals surface area contributed by atoms with Gasteiger partial charge in [-0.3, -0.25) is 4.79 Å². The van der Waals surface area contributed by atoms with Crippen LogP contribution in [-0.2, 0) is 4.79 Å². The Morgan fingerprint density at radius 1 is 1.20 bits per heavy atom. The lowest BCUT2D eigenvalue weighted by atomic mass is 10.0. The Hall–Kier alpha value is -3.15. The van der Waals surface area contributed by atoms with Gasteiger partial charge in [0.25, 0.3) is 0 Å². The minimum absolute atomic E-state index is 0.00708. The monoisotopic (exact) mass is 334 g/mol. The number of carbonyl (C=O) groups excluding carboxylic acids is 1. The standard InChI is InChI=1S/C19H18N4O2/c1-25-17-5-3-2-4-13(17)12-6-7-15-14(10-12)18(22-11-21-15)23-16-8-9-20-19(16)24/h2-7,10-11,16H,8-9H2,1H3,(H,20,24)(H,21,22,23). The number of carbonyl (C=O) groups is 1. The number of para-hydroxylation sites is 1. The first-order valence-electron chi connectivity index (χ1n) is 8.18. The van der Waals surface area contributed by atoms with Crippen molar-refractivity contribution in [3.63, 3.8) is 0 Å². The molecule has 1 unspecified atom stereocenters. The summed E-state index contributed by atoms with van der Waals surface area (Å²) in [5.41, 5.74) is 2.84.